The van der Waals surface area contributed by atoms with Gasteiger partial charge in [-0.2, -0.15) is 0 Å². The quantitative estimate of drug-likeness (QED) is 0.294. The lowest BCUT2D eigenvalue weighted by Crippen LogP contribution is -2.01. The molecule has 5 aromatic rings. The van der Waals surface area contributed by atoms with Crippen LogP contribution in [0.1, 0.15) is 16.1 Å². The van der Waals surface area contributed by atoms with E-state index in [1.54, 1.807) is 31.4 Å². The number of rotatable bonds is 4. The Balaban J connectivity index is 1.82. The summed E-state index contributed by atoms with van der Waals surface area (Å²) in [6, 6.07) is 26.5. The predicted molar refractivity (Wildman–Crippen MR) is 121 cm³/mol. The van der Waals surface area contributed by atoms with E-state index in [1.165, 1.54) is 0 Å². The van der Waals surface area contributed by atoms with E-state index in [-0.39, 0.29) is 5.78 Å². The fourth-order valence-corrected chi connectivity index (χ4v) is 3.92. The summed E-state index contributed by atoms with van der Waals surface area (Å²) in [6.45, 7) is 0. The molecule has 0 spiro atoms. The maximum Gasteiger partial charge on any atom is 0.228 e. The molecule has 0 bridgehead atoms. The zero-order valence-electron chi connectivity index (χ0n) is 16.2. The molecular weight excluding hydrogens is 396 g/mol. The summed E-state index contributed by atoms with van der Waals surface area (Å²) in [5, 5.41) is 3.64. The minimum absolute atomic E-state index is 0.183. The van der Waals surface area contributed by atoms with Gasteiger partial charge in [-0.3, -0.25) is 4.79 Å². The lowest BCUT2D eigenvalue weighted by Gasteiger charge is -2.07. The van der Waals surface area contributed by atoms with Gasteiger partial charge in [0.1, 0.15) is 11.3 Å². The van der Waals surface area contributed by atoms with Gasteiger partial charge in [0.25, 0.3) is 0 Å². The van der Waals surface area contributed by atoms with Crippen LogP contribution in [0.15, 0.2) is 89.3 Å². The highest BCUT2D eigenvalue weighted by Gasteiger charge is 2.24. The van der Waals surface area contributed by atoms with Gasteiger partial charge < -0.3 is 9.15 Å². The van der Waals surface area contributed by atoms with Crippen molar-refractivity contribution in [3.63, 3.8) is 0 Å². The van der Waals surface area contributed by atoms with Gasteiger partial charge in [-0.1, -0.05) is 54.1 Å². The molecule has 0 aliphatic heterocycles. The SMILES string of the molecule is COc1ccc(-c2c(C(=O)c3ccc(Cl)cc3)oc3ccc4ccccc4c23)cc1. The van der Waals surface area contributed by atoms with Crippen LogP contribution in [0.25, 0.3) is 32.9 Å². The lowest BCUT2D eigenvalue weighted by atomic mass is 9.95. The maximum absolute atomic E-state index is 13.4. The minimum atomic E-state index is -0.183. The van der Waals surface area contributed by atoms with Crippen LogP contribution in [0.2, 0.25) is 5.02 Å². The second-order valence-corrected chi connectivity index (χ2v) is 7.47. The van der Waals surface area contributed by atoms with Crippen molar-refractivity contribution in [1.29, 1.82) is 0 Å². The first-order valence-corrected chi connectivity index (χ1v) is 9.92. The fraction of sp³-hybridized carbons (Fsp3) is 0.0385. The molecule has 0 amide bonds. The summed E-state index contributed by atoms with van der Waals surface area (Å²) < 4.78 is 11.5. The summed E-state index contributed by atoms with van der Waals surface area (Å²) in [7, 11) is 1.63. The highest BCUT2D eigenvalue weighted by Crippen LogP contribution is 2.40. The summed E-state index contributed by atoms with van der Waals surface area (Å²) in [5.74, 6) is 0.883. The highest BCUT2D eigenvalue weighted by atomic mass is 35.5. The number of benzene rings is 4. The summed E-state index contributed by atoms with van der Waals surface area (Å²) in [4.78, 5) is 13.4. The zero-order chi connectivity index (χ0) is 20.7. The van der Waals surface area contributed by atoms with Crippen molar-refractivity contribution in [2.75, 3.05) is 7.11 Å². The molecule has 0 N–H and O–H groups in total. The predicted octanol–water partition coefficient (Wildman–Crippen LogP) is 7.15. The molecule has 5 rings (SSSR count). The second-order valence-electron chi connectivity index (χ2n) is 7.03. The number of carbonyl (C=O) groups is 1. The van der Waals surface area contributed by atoms with Crippen LogP contribution in [0, 0.1) is 0 Å². The van der Waals surface area contributed by atoms with Crippen LogP contribution >= 0.6 is 11.6 Å². The third kappa shape index (κ3) is 3.04. The number of carbonyl (C=O) groups excluding carboxylic acids is 1. The first-order valence-electron chi connectivity index (χ1n) is 9.54. The molecule has 0 fully saturated rings. The minimum Gasteiger partial charge on any atom is -0.497 e. The fourth-order valence-electron chi connectivity index (χ4n) is 3.79. The normalized spacial score (nSPS) is 11.1. The molecule has 4 aromatic carbocycles. The molecule has 0 saturated heterocycles. The molecule has 146 valence electrons. The molecule has 0 aliphatic rings. The Labute approximate surface area is 178 Å². The topological polar surface area (TPSA) is 39.4 Å². The standard InChI is InChI=1S/C26H17ClO3/c1-29-20-13-8-17(9-14-20)23-24-21-5-3-2-4-16(21)10-15-22(24)30-26(23)25(28)18-6-11-19(27)12-7-18/h2-15H,1H3. The number of methoxy groups -OCH3 is 1. The third-order valence-corrected chi connectivity index (χ3v) is 5.52. The molecular formula is C26H17ClO3. The van der Waals surface area contributed by atoms with Crippen molar-refractivity contribution in [3.05, 3.63) is 101 Å². The number of halogens is 1. The Morgan fingerprint density at radius 1 is 0.867 bits per heavy atom. The average Bonchev–Trinajstić information content (AvgIpc) is 3.19. The number of ketones is 1. The van der Waals surface area contributed by atoms with Crippen LogP contribution in [0.5, 0.6) is 5.75 Å². The first-order chi connectivity index (χ1) is 14.7. The number of fused-ring (bicyclic) bond motifs is 3. The van der Waals surface area contributed by atoms with E-state index >= 15 is 0 Å². The summed E-state index contributed by atoms with van der Waals surface area (Å²) >= 11 is 6.00. The van der Waals surface area contributed by atoms with E-state index < -0.39 is 0 Å². The number of hydrogen-bond acceptors (Lipinski definition) is 3. The van der Waals surface area contributed by atoms with Crippen molar-refractivity contribution in [1.82, 2.24) is 0 Å². The van der Waals surface area contributed by atoms with Gasteiger partial charge in [0.15, 0.2) is 5.76 Å². The Morgan fingerprint density at radius 3 is 2.33 bits per heavy atom. The number of ether oxygens (including phenoxy) is 1. The lowest BCUT2D eigenvalue weighted by molar-refractivity contribution is 0.101. The molecule has 0 atom stereocenters. The Bertz CT molecular complexity index is 1380. The van der Waals surface area contributed by atoms with Crippen molar-refractivity contribution < 1.29 is 13.9 Å². The van der Waals surface area contributed by atoms with Crippen LogP contribution in [-0.4, -0.2) is 12.9 Å². The van der Waals surface area contributed by atoms with Crippen LogP contribution in [0.4, 0.5) is 0 Å². The molecule has 3 nitrogen and oxygen atoms in total. The third-order valence-electron chi connectivity index (χ3n) is 5.27. The number of furan rings is 1. The average molecular weight is 413 g/mol. The van der Waals surface area contributed by atoms with Gasteiger partial charge in [0, 0.05) is 21.5 Å². The van der Waals surface area contributed by atoms with Gasteiger partial charge in [0.05, 0.1) is 7.11 Å². The second kappa shape index (κ2) is 7.36. The van der Waals surface area contributed by atoms with E-state index in [9.17, 15) is 4.79 Å². The summed E-state index contributed by atoms with van der Waals surface area (Å²) in [5.41, 5.74) is 2.88. The molecule has 0 unspecified atom stereocenters. The molecule has 1 heterocycles. The Hall–Kier alpha value is -3.56. The largest absolute Gasteiger partial charge is 0.497 e. The monoisotopic (exact) mass is 412 g/mol. The number of hydrogen-bond donors (Lipinski definition) is 0. The van der Waals surface area contributed by atoms with E-state index in [0.717, 1.165) is 33.0 Å². The smallest absolute Gasteiger partial charge is 0.228 e. The van der Waals surface area contributed by atoms with Crippen LogP contribution < -0.4 is 4.74 Å². The molecule has 4 heteroatoms. The maximum atomic E-state index is 13.4. The van der Waals surface area contributed by atoms with Gasteiger partial charge >= 0.3 is 0 Å². The molecule has 1 aromatic heterocycles. The highest BCUT2D eigenvalue weighted by molar-refractivity contribution is 6.30. The van der Waals surface area contributed by atoms with Gasteiger partial charge in [-0.15, -0.1) is 0 Å². The molecule has 0 radical (unpaired) electrons. The first kappa shape index (κ1) is 18.5. The molecule has 30 heavy (non-hydrogen) atoms. The van der Waals surface area contributed by atoms with Crippen LogP contribution in [0.3, 0.4) is 0 Å². The Kier molecular flexibility index (Phi) is 4.53. The van der Waals surface area contributed by atoms with Gasteiger partial charge in [-0.05, 0) is 58.8 Å². The van der Waals surface area contributed by atoms with Crippen molar-refractivity contribution in [3.8, 4) is 16.9 Å². The van der Waals surface area contributed by atoms with Gasteiger partial charge in [0.2, 0.25) is 5.78 Å². The van der Waals surface area contributed by atoms with E-state index in [1.807, 2.05) is 48.5 Å². The van der Waals surface area contributed by atoms with Crippen molar-refractivity contribution >= 4 is 39.1 Å². The van der Waals surface area contributed by atoms with Crippen LogP contribution in [-0.2, 0) is 0 Å². The van der Waals surface area contributed by atoms with Gasteiger partial charge in [-0.25, -0.2) is 0 Å². The van der Waals surface area contributed by atoms with E-state index in [0.29, 0.717) is 21.9 Å². The Morgan fingerprint density at radius 2 is 1.60 bits per heavy atom. The summed E-state index contributed by atoms with van der Waals surface area (Å²) in [6.07, 6.45) is 0. The van der Waals surface area contributed by atoms with Crippen molar-refractivity contribution in [2.24, 2.45) is 0 Å². The molecule has 0 aliphatic carbocycles. The van der Waals surface area contributed by atoms with E-state index in [2.05, 4.69) is 12.1 Å². The zero-order valence-corrected chi connectivity index (χ0v) is 16.9. The van der Waals surface area contributed by atoms with E-state index in [4.69, 9.17) is 20.8 Å². The molecule has 0 saturated carbocycles. The van der Waals surface area contributed by atoms with Crippen molar-refractivity contribution in [2.45, 2.75) is 0 Å².